The lowest BCUT2D eigenvalue weighted by Crippen LogP contribution is -2.44. The fourth-order valence-corrected chi connectivity index (χ4v) is 3.58. The van der Waals surface area contributed by atoms with Gasteiger partial charge in [0, 0.05) is 29.4 Å². The third kappa shape index (κ3) is 5.22. The highest BCUT2D eigenvalue weighted by Crippen LogP contribution is 2.36. The SMILES string of the molecule is Cc1cc(-c2ccc(C(F)(F)F)cc2NS(=O)[O-])nnc1N[C@H]1CNCC[C@H]1C. The molecule has 2 heterocycles. The van der Waals surface area contributed by atoms with E-state index in [-0.39, 0.29) is 23.0 Å². The van der Waals surface area contributed by atoms with Gasteiger partial charge in [-0.05, 0) is 49.6 Å². The molecule has 1 aliphatic rings. The molecule has 3 rings (SSSR count). The number of hydrogen-bond donors (Lipinski definition) is 3. The molecular formula is C18H21F3N5O2S-. The summed E-state index contributed by atoms with van der Waals surface area (Å²) in [4.78, 5) is 0. The standard InChI is InChI=1S/C18H22F3N5O2S/c1-10-5-6-22-9-16(10)23-17-11(2)7-14(24-25-17)13-4-3-12(18(19,20)21)8-15(13)26-29(27)28/h3-4,7-8,10,16,22,26H,5-6,9H2,1-2H3,(H,23,25)(H,27,28)/p-1/t10-,16+/m1/s1. The molecule has 3 N–H and O–H groups in total. The number of alkyl halides is 3. The Labute approximate surface area is 168 Å². The Hall–Kier alpha value is -2.24. The van der Waals surface area contributed by atoms with Crippen LogP contribution in [-0.2, 0) is 17.4 Å². The van der Waals surface area contributed by atoms with Crippen LogP contribution in [0.25, 0.3) is 11.3 Å². The molecule has 0 radical (unpaired) electrons. The van der Waals surface area contributed by atoms with Gasteiger partial charge in [0.05, 0.1) is 16.9 Å². The third-order valence-corrected chi connectivity index (χ3v) is 5.34. The van der Waals surface area contributed by atoms with Gasteiger partial charge in [-0.3, -0.25) is 4.21 Å². The highest BCUT2D eigenvalue weighted by atomic mass is 32.2. The maximum Gasteiger partial charge on any atom is 0.416 e. The van der Waals surface area contributed by atoms with Crippen LogP contribution in [0.15, 0.2) is 24.3 Å². The van der Waals surface area contributed by atoms with Crippen molar-refractivity contribution in [3.8, 4) is 11.3 Å². The van der Waals surface area contributed by atoms with Crippen molar-refractivity contribution in [3.63, 3.8) is 0 Å². The summed E-state index contributed by atoms with van der Waals surface area (Å²) in [5, 5.41) is 15.0. The van der Waals surface area contributed by atoms with Crippen LogP contribution in [-0.4, -0.2) is 38.1 Å². The van der Waals surface area contributed by atoms with E-state index in [1.807, 2.05) is 11.6 Å². The zero-order valence-corrected chi connectivity index (χ0v) is 16.7. The molecule has 1 aromatic heterocycles. The molecule has 2 aromatic rings. The summed E-state index contributed by atoms with van der Waals surface area (Å²) in [5.41, 5.74) is 0.0482. The predicted molar refractivity (Wildman–Crippen MR) is 104 cm³/mol. The van der Waals surface area contributed by atoms with E-state index in [1.165, 1.54) is 6.07 Å². The maximum absolute atomic E-state index is 13.0. The number of benzene rings is 1. The summed E-state index contributed by atoms with van der Waals surface area (Å²) >= 11 is -2.79. The summed E-state index contributed by atoms with van der Waals surface area (Å²) < 4.78 is 63.1. The quantitative estimate of drug-likeness (QED) is 0.633. The second-order valence-corrected chi connectivity index (χ2v) is 7.75. The van der Waals surface area contributed by atoms with Crippen molar-refractivity contribution in [3.05, 3.63) is 35.4 Å². The lowest BCUT2D eigenvalue weighted by Gasteiger charge is -2.30. The van der Waals surface area contributed by atoms with Crippen LogP contribution < -0.4 is 15.4 Å². The molecule has 0 bridgehead atoms. The van der Waals surface area contributed by atoms with E-state index in [2.05, 4.69) is 27.8 Å². The normalized spacial score (nSPS) is 20.9. The molecule has 29 heavy (non-hydrogen) atoms. The summed E-state index contributed by atoms with van der Waals surface area (Å²) in [6.07, 6.45) is -3.56. The number of aromatic nitrogens is 2. The van der Waals surface area contributed by atoms with Crippen LogP contribution in [0.1, 0.15) is 24.5 Å². The van der Waals surface area contributed by atoms with Crippen molar-refractivity contribution >= 4 is 22.8 Å². The molecule has 0 aliphatic carbocycles. The van der Waals surface area contributed by atoms with Gasteiger partial charge < -0.3 is 19.9 Å². The number of hydrogen-bond acceptors (Lipinski definition) is 6. The maximum atomic E-state index is 13.0. The van der Waals surface area contributed by atoms with Gasteiger partial charge in [-0.15, -0.1) is 10.2 Å². The van der Waals surface area contributed by atoms with Crippen LogP contribution >= 0.6 is 0 Å². The molecule has 0 spiro atoms. The molecule has 158 valence electrons. The van der Waals surface area contributed by atoms with Gasteiger partial charge in [-0.1, -0.05) is 13.0 Å². The Bertz CT molecular complexity index is 910. The predicted octanol–water partition coefficient (Wildman–Crippen LogP) is 3.09. The van der Waals surface area contributed by atoms with Crippen molar-refractivity contribution in [2.45, 2.75) is 32.5 Å². The number of piperidine rings is 1. The number of halogens is 3. The molecule has 1 aliphatic heterocycles. The minimum absolute atomic E-state index is 0.189. The Balaban J connectivity index is 1.91. The summed E-state index contributed by atoms with van der Waals surface area (Å²) in [7, 11) is 0. The van der Waals surface area contributed by atoms with Gasteiger partial charge in [0.2, 0.25) is 0 Å². The Morgan fingerprint density at radius 1 is 1.28 bits per heavy atom. The minimum Gasteiger partial charge on any atom is -0.755 e. The van der Waals surface area contributed by atoms with Crippen LogP contribution in [0.5, 0.6) is 0 Å². The lowest BCUT2D eigenvalue weighted by atomic mass is 9.95. The van der Waals surface area contributed by atoms with Crippen LogP contribution in [0.3, 0.4) is 0 Å². The van der Waals surface area contributed by atoms with Gasteiger partial charge in [0.15, 0.2) is 5.82 Å². The highest BCUT2D eigenvalue weighted by molar-refractivity contribution is 7.80. The highest BCUT2D eigenvalue weighted by Gasteiger charge is 2.31. The van der Waals surface area contributed by atoms with Crippen LogP contribution in [0, 0.1) is 12.8 Å². The molecule has 0 amide bonds. The topological polar surface area (TPSA) is 102 Å². The van der Waals surface area contributed by atoms with Crippen molar-refractivity contribution < 1.29 is 21.9 Å². The number of nitrogens with zero attached hydrogens (tertiary/aromatic N) is 2. The van der Waals surface area contributed by atoms with Gasteiger partial charge in [0.25, 0.3) is 0 Å². The van der Waals surface area contributed by atoms with Gasteiger partial charge in [-0.25, -0.2) is 0 Å². The molecule has 1 saturated heterocycles. The number of aryl methyl sites for hydroxylation is 1. The van der Waals surface area contributed by atoms with E-state index in [0.717, 1.165) is 37.2 Å². The molecule has 1 unspecified atom stereocenters. The molecule has 0 saturated carbocycles. The lowest BCUT2D eigenvalue weighted by molar-refractivity contribution is -0.137. The van der Waals surface area contributed by atoms with Gasteiger partial charge in [0.1, 0.15) is 0 Å². The van der Waals surface area contributed by atoms with Gasteiger partial charge >= 0.3 is 6.18 Å². The first-order chi connectivity index (χ1) is 13.6. The first kappa shape index (κ1) is 21.5. The minimum atomic E-state index is -4.60. The number of rotatable bonds is 5. The second kappa shape index (κ2) is 8.64. The Morgan fingerprint density at radius 2 is 2.03 bits per heavy atom. The number of anilines is 2. The summed E-state index contributed by atoms with van der Waals surface area (Å²) in [5.74, 6) is 1.04. The molecule has 1 aromatic carbocycles. The first-order valence-corrected chi connectivity index (χ1v) is 10.1. The Kier molecular flexibility index (Phi) is 6.39. The zero-order valence-electron chi connectivity index (χ0n) is 15.8. The van der Waals surface area contributed by atoms with Gasteiger partial charge in [-0.2, -0.15) is 13.2 Å². The van der Waals surface area contributed by atoms with E-state index < -0.39 is 23.0 Å². The average molecular weight is 428 g/mol. The first-order valence-electron chi connectivity index (χ1n) is 9.04. The Morgan fingerprint density at radius 3 is 2.66 bits per heavy atom. The number of nitrogens with one attached hydrogen (secondary N) is 3. The molecule has 7 nitrogen and oxygen atoms in total. The fraction of sp³-hybridized carbons (Fsp3) is 0.444. The molecule has 3 atom stereocenters. The zero-order chi connectivity index (χ0) is 21.2. The molecule has 1 fully saturated rings. The smallest absolute Gasteiger partial charge is 0.416 e. The van der Waals surface area contributed by atoms with E-state index in [1.54, 1.807) is 6.07 Å². The fourth-order valence-electron chi connectivity index (χ4n) is 3.24. The largest absolute Gasteiger partial charge is 0.755 e. The monoisotopic (exact) mass is 428 g/mol. The average Bonchev–Trinajstić information content (AvgIpc) is 2.64. The van der Waals surface area contributed by atoms with E-state index in [9.17, 15) is 21.9 Å². The van der Waals surface area contributed by atoms with Crippen molar-refractivity contribution in [2.24, 2.45) is 5.92 Å². The van der Waals surface area contributed by atoms with Crippen molar-refractivity contribution in [1.29, 1.82) is 0 Å². The van der Waals surface area contributed by atoms with Crippen LogP contribution in [0.2, 0.25) is 0 Å². The van der Waals surface area contributed by atoms with E-state index in [4.69, 9.17) is 0 Å². The van der Waals surface area contributed by atoms with Crippen LogP contribution in [0.4, 0.5) is 24.7 Å². The third-order valence-electron chi connectivity index (χ3n) is 4.95. The molecule has 11 heteroatoms. The molecular weight excluding hydrogens is 407 g/mol. The van der Waals surface area contributed by atoms with E-state index >= 15 is 0 Å². The van der Waals surface area contributed by atoms with Crippen molar-refractivity contribution in [1.82, 2.24) is 15.5 Å². The van der Waals surface area contributed by atoms with Crippen molar-refractivity contribution in [2.75, 3.05) is 23.1 Å². The second-order valence-electron chi connectivity index (χ2n) is 7.08. The summed E-state index contributed by atoms with van der Waals surface area (Å²) in [6, 6.07) is 4.66. The summed E-state index contributed by atoms with van der Waals surface area (Å²) in [6.45, 7) is 5.73. The van der Waals surface area contributed by atoms with E-state index in [0.29, 0.717) is 11.7 Å².